The second-order valence-corrected chi connectivity index (χ2v) is 8.36. The first kappa shape index (κ1) is 22.4. The van der Waals surface area contributed by atoms with Gasteiger partial charge >= 0.3 is 5.97 Å². The summed E-state index contributed by atoms with van der Waals surface area (Å²) < 4.78 is 42.5. The van der Waals surface area contributed by atoms with Crippen LogP contribution in [0.15, 0.2) is 57.8 Å². The Hall–Kier alpha value is -3.24. The molecule has 1 heterocycles. The maximum Gasteiger partial charge on any atom is 0.338 e. The molecule has 0 aliphatic rings. The molecule has 31 heavy (non-hydrogen) atoms. The Kier molecular flexibility index (Phi) is 7.03. The first-order chi connectivity index (χ1) is 14.9. The number of nitrogens with zero attached hydrogens (tertiary/aromatic N) is 3. The second kappa shape index (κ2) is 9.71. The van der Waals surface area contributed by atoms with Gasteiger partial charge in [-0.1, -0.05) is 19.9 Å². The van der Waals surface area contributed by atoms with Crippen LogP contribution in [0.1, 0.15) is 30.1 Å². The van der Waals surface area contributed by atoms with Crippen molar-refractivity contribution < 1.29 is 27.1 Å². The van der Waals surface area contributed by atoms with Crippen LogP contribution < -0.4 is 4.74 Å². The van der Waals surface area contributed by atoms with Crippen molar-refractivity contribution in [2.45, 2.75) is 25.3 Å². The summed E-state index contributed by atoms with van der Waals surface area (Å²) in [6.07, 6.45) is 0. The predicted octanol–water partition coefficient (Wildman–Crippen LogP) is 3.13. The maximum atomic E-state index is 12.7. The van der Waals surface area contributed by atoms with Crippen molar-refractivity contribution in [1.29, 1.82) is 0 Å². The van der Waals surface area contributed by atoms with Crippen molar-refractivity contribution in [2.75, 3.05) is 20.2 Å². The van der Waals surface area contributed by atoms with Gasteiger partial charge in [-0.25, -0.2) is 13.2 Å². The Balaban J connectivity index is 1.68. The number of carbonyl (C=O) groups is 1. The fourth-order valence-electron chi connectivity index (χ4n) is 2.87. The lowest BCUT2D eigenvalue weighted by Gasteiger charge is -2.18. The molecule has 0 spiro atoms. The Bertz CT molecular complexity index is 1140. The van der Waals surface area contributed by atoms with Crippen LogP contribution in [-0.2, 0) is 21.4 Å². The van der Waals surface area contributed by atoms with Crippen molar-refractivity contribution in [3.8, 4) is 17.2 Å². The van der Waals surface area contributed by atoms with Crippen molar-refractivity contribution in [3.05, 3.63) is 60.0 Å². The van der Waals surface area contributed by atoms with E-state index in [1.807, 2.05) is 0 Å². The van der Waals surface area contributed by atoms with Gasteiger partial charge in [-0.2, -0.15) is 4.31 Å². The summed E-state index contributed by atoms with van der Waals surface area (Å²) in [5.74, 6) is 0.399. The van der Waals surface area contributed by atoms with E-state index < -0.39 is 16.0 Å². The molecule has 0 radical (unpaired) electrons. The van der Waals surface area contributed by atoms with Crippen molar-refractivity contribution in [3.63, 3.8) is 0 Å². The second-order valence-electron chi connectivity index (χ2n) is 6.42. The minimum Gasteiger partial charge on any atom is -0.497 e. The van der Waals surface area contributed by atoms with Crippen LogP contribution in [-0.4, -0.2) is 49.1 Å². The van der Waals surface area contributed by atoms with Crippen LogP contribution in [0.25, 0.3) is 11.5 Å². The number of benzene rings is 2. The summed E-state index contributed by atoms with van der Waals surface area (Å²) in [5, 5.41) is 7.82. The zero-order valence-corrected chi connectivity index (χ0v) is 18.3. The number of hydrogen-bond acceptors (Lipinski definition) is 8. The third-order valence-electron chi connectivity index (χ3n) is 4.54. The molecule has 0 aliphatic heterocycles. The fraction of sp³-hybridized carbons (Fsp3) is 0.286. The van der Waals surface area contributed by atoms with Crippen LogP contribution in [0.5, 0.6) is 5.75 Å². The average Bonchev–Trinajstić information content (AvgIpc) is 3.27. The normalized spacial score (nSPS) is 11.5. The zero-order chi connectivity index (χ0) is 22.4. The monoisotopic (exact) mass is 445 g/mol. The largest absolute Gasteiger partial charge is 0.497 e. The number of methoxy groups -OCH3 is 1. The molecule has 9 nitrogen and oxygen atoms in total. The number of ether oxygens (including phenoxy) is 2. The van der Waals surface area contributed by atoms with Gasteiger partial charge in [0.25, 0.3) is 5.89 Å². The van der Waals surface area contributed by atoms with E-state index in [2.05, 4.69) is 10.2 Å². The van der Waals surface area contributed by atoms with E-state index in [9.17, 15) is 13.2 Å². The van der Waals surface area contributed by atoms with Crippen LogP contribution in [0.3, 0.4) is 0 Å². The summed E-state index contributed by atoms with van der Waals surface area (Å²) in [6.45, 7) is 3.94. The summed E-state index contributed by atoms with van der Waals surface area (Å²) in [5.41, 5.74) is 0.809. The molecule has 0 bridgehead atoms. The molecule has 164 valence electrons. The van der Waals surface area contributed by atoms with Crippen LogP contribution in [0.2, 0.25) is 0 Å². The van der Waals surface area contributed by atoms with Gasteiger partial charge in [0.15, 0.2) is 6.61 Å². The highest BCUT2D eigenvalue weighted by molar-refractivity contribution is 7.89. The van der Waals surface area contributed by atoms with E-state index >= 15 is 0 Å². The third kappa shape index (κ3) is 5.09. The summed E-state index contributed by atoms with van der Waals surface area (Å²) >= 11 is 0. The van der Waals surface area contributed by atoms with E-state index in [1.165, 1.54) is 28.6 Å². The smallest absolute Gasteiger partial charge is 0.338 e. The molecule has 10 heteroatoms. The van der Waals surface area contributed by atoms with Crippen LogP contribution in [0.4, 0.5) is 0 Å². The summed E-state index contributed by atoms with van der Waals surface area (Å²) in [7, 11) is -2.11. The first-order valence-corrected chi connectivity index (χ1v) is 11.1. The SMILES string of the molecule is CCN(CC)S(=O)(=O)c1cccc(C(=O)OCc2nnc(-c3ccc(OC)cc3)o2)c1. The predicted molar refractivity (Wildman–Crippen MR) is 112 cm³/mol. The third-order valence-corrected chi connectivity index (χ3v) is 6.59. The quantitative estimate of drug-likeness (QED) is 0.462. The lowest BCUT2D eigenvalue weighted by atomic mass is 10.2. The number of esters is 1. The van der Waals surface area contributed by atoms with Gasteiger partial charge in [0.2, 0.25) is 15.9 Å². The van der Waals surface area contributed by atoms with Gasteiger partial charge in [0.05, 0.1) is 17.6 Å². The van der Waals surface area contributed by atoms with Gasteiger partial charge < -0.3 is 13.9 Å². The number of sulfonamides is 1. The van der Waals surface area contributed by atoms with Crippen molar-refractivity contribution >= 4 is 16.0 Å². The molecule has 0 saturated carbocycles. The molecule has 0 N–H and O–H groups in total. The highest BCUT2D eigenvalue weighted by Gasteiger charge is 2.23. The minimum atomic E-state index is -3.68. The van der Waals surface area contributed by atoms with E-state index in [4.69, 9.17) is 13.9 Å². The van der Waals surface area contributed by atoms with Gasteiger partial charge in [-0.15, -0.1) is 10.2 Å². The van der Waals surface area contributed by atoms with Crippen molar-refractivity contribution in [1.82, 2.24) is 14.5 Å². The van der Waals surface area contributed by atoms with Crippen molar-refractivity contribution in [2.24, 2.45) is 0 Å². The standard InChI is InChI=1S/C21H23N3O6S/c1-4-24(5-2)31(26,27)18-8-6-7-16(13-18)21(25)29-14-19-22-23-20(30-19)15-9-11-17(28-3)12-10-15/h6-13H,4-5,14H2,1-3H3. The van der Waals surface area contributed by atoms with E-state index in [-0.39, 0.29) is 28.8 Å². The topological polar surface area (TPSA) is 112 Å². The van der Waals surface area contributed by atoms with E-state index in [0.717, 1.165) is 0 Å². The molecule has 0 atom stereocenters. The van der Waals surface area contributed by atoms with Gasteiger partial charge in [-0.05, 0) is 42.5 Å². The number of hydrogen-bond donors (Lipinski definition) is 0. The Morgan fingerprint density at radius 2 is 1.77 bits per heavy atom. The lowest BCUT2D eigenvalue weighted by Crippen LogP contribution is -2.30. The molecule has 0 fully saturated rings. The molecule has 0 aliphatic carbocycles. The number of rotatable bonds is 9. The van der Waals surface area contributed by atoms with Gasteiger partial charge in [0, 0.05) is 18.7 Å². The maximum absolute atomic E-state index is 12.7. The van der Waals surface area contributed by atoms with Crippen LogP contribution >= 0.6 is 0 Å². The minimum absolute atomic E-state index is 0.0326. The zero-order valence-electron chi connectivity index (χ0n) is 17.4. The van der Waals surface area contributed by atoms with E-state index in [0.29, 0.717) is 24.4 Å². The fourth-order valence-corrected chi connectivity index (χ4v) is 4.37. The lowest BCUT2D eigenvalue weighted by molar-refractivity contribution is 0.0438. The first-order valence-electron chi connectivity index (χ1n) is 9.63. The molecule has 3 rings (SSSR count). The Morgan fingerprint density at radius 1 is 1.06 bits per heavy atom. The molecule has 3 aromatic rings. The highest BCUT2D eigenvalue weighted by Crippen LogP contribution is 2.22. The molecule has 2 aromatic carbocycles. The van der Waals surface area contributed by atoms with Crippen LogP contribution in [0, 0.1) is 0 Å². The van der Waals surface area contributed by atoms with Gasteiger partial charge in [0.1, 0.15) is 5.75 Å². The summed E-state index contributed by atoms with van der Waals surface area (Å²) in [4.78, 5) is 12.5. The molecular formula is C21H23N3O6S. The molecule has 1 aromatic heterocycles. The molecule has 0 unspecified atom stereocenters. The number of carbonyl (C=O) groups excluding carboxylic acids is 1. The Labute approximate surface area is 180 Å². The average molecular weight is 445 g/mol. The molecular weight excluding hydrogens is 422 g/mol. The Morgan fingerprint density at radius 3 is 2.42 bits per heavy atom. The number of aromatic nitrogens is 2. The van der Waals surface area contributed by atoms with Gasteiger partial charge in [-0.3, -0.25) is 0 Å². The summed E-state index contributed by atoms with van der Waals surface area (Å²) in [6, 6.07) is 12.8. The molecule has 0 saturated heterocycles. The van der Waals surface area contributed by atoms with E-state index in [1.54, 1.807) is 45.2 Å². The molecule has 0 amide bonds. The highest BCUT2D eigenvalue weighted by atomic mass is 32.2.